The third kappa shape index (κ3) is 6.31. The fraction of sp³-hybridized carbons (Fsp3) is 0.657. The zero-order valence-corrected chi connectivity index (χ0v) is 23.3. The molecular formula is C35H48F2. The van der Waals surface area contributed by atoms with Crippen molar-refractivity contribution in [2.45, 2.75) is 128 Å². The largest absolute Gasteiger partial charge is 0.207 e. The third-order valence-electron chi connectivity index (χ3n) is 10.6. The molecule has 0 amide bonds. The molecule has 0 unspecified atom stereocenters. The Morgan fingerprint density at radius 1 is 0.595 bits per heavy atom. The molecule has 0 bridgehead atoms. The molecule has 0 N–H and O–H groups in total. The van der Waals surface area contributed by atoms with Crippen molar-refractivity contribution in [3.63, 3.8) is 0 Å². The van der Waals surface area contributed by atoms with E-state index in [1.807, 2.05) is 19.1 Å². The Hall–Kier alpha value is -1.70. The summed E-state index contributed by atoms with van der Waals surface area (Å²) in [5.41, 5.74) is 4.24. The lowest BCUT2D eigenvalue weighted by Gasteiger charge is -2.38. The van der Waals surface area contributed by atoms with Gasteiger partial charge in [0, 0.05) is 0 Å². The molecule has 0 aliphatic heterocycles. The summed E-state index contributed by atoms with van der Waals surface area (Å²) in [6, 6.07) is 12.2. The number of hydrogen-bond donors (Lipinski definition) is 0. The van der Waals surface area contributed by atoms with E-state index in [0.29, 0.717) is 17.8 Å². The lowest BCUT2D eigenvalue weighted by atomic mass is 9.67. The molecule has 5 rings (SSSR count). The summed E-state index contributed by atoms with van der Waals surface area (Å²) in [4.78, 5) is 0. The van der Waals surface area contributed by atoms with Gasteiger partial charge in [0.2, 0.25) is 0 Å². The predicted octanol–water partition coefficient (Wildman–Crippen LogP) is 10.8. The van der Waals surface area contributed by atoms with Crippen LogP contribution in [-0.2, 0) is 6.42 Å². The Labute approximate surface area is 224 Å². The van der Waals surface area contributed by atoms with E-state index < -0.39 is 0 Å². The van der Waals surface area contributed by atoms with Crippen molar-refractivity contribution < 1.29 is 8.78 Å². The maximum Gasteiger partial charge on any atom is 0.126 e. The van der Waals surface area contributed by atoms with Crippen molar-refractivity contribution in [2.75, 3.05) is 0 Å². The molecule has 3 aliphatic rings. The summed E-state index contributed by atoms with van der Waals surface area (Å²) in [5.74, 6) is 3.97. The minimum absolute atomic E-state index is 0.0277. The first-order valence-corrected chi connectivity index (χ1v) is 15.6. The molecule has 0 spiro atoms. The van der Waals surface area contributed by atoms with Crippen LogP contribution in [-0.4, -0.2) is 0 Å². The predicted molar refractivity (Wildman–Crippen MR) is 151 cm³/mol. The fourth-order valence-corrected chi connectivity index (χ4v) is 8.25. The first kappa shape index (κ1) is 26.9. The molecule has 3 saturated carbocycles. The molecule has 2 aromatic carbocycles. The summed E-state index contributed by atoms with van der Waals surface area (Å²) in [6.45, 7) is 4.30. The van der Waals surface area contributed by atoms with Gasteiger partial charge in [-0.3, -0.25) is 0 Å². The van der Waals surface area contributed by atoms with Gasteiger partial charge in [-0.05, 0) is 153 Å². The van der Waals surface area contributed by atoms with Crippen LogP contribution >= 0.6 is 0 Å². The van der Waals surface area contributed by atoms with Crippen LogP contribution in [0.1, 0.15) is 144 Å². The highest BCUT2D eigenvalue weighted by atomic mass is 19.1. The maximum atomic E-state index is 15.3. The molecule has 2 heteroatoms. The molecule has 202 valence electrons. The van der Waals surface area contributed by atoms with E-state index in [1.165, 1.54) is 88.2 Å². The zero-order valence-electron chi connectivity index (χ0n) is 23.3. The Kier molecular flexibility index (Phi) is 9.04. The second kappa shape index (κ2) is 12.4. The number of hydrogen-bond acceptors (Lipinski definition) is 0. The normalized spacial score (nSPS) is 30.8. The van der Waals surface area contributed by atoms with Crippen molar-refractivity contribution in [3.05, 3.63) is 70.3 Å². The number of aryl methyl sites for hydroxylation is 1. The second-order valence-electron chi connectivity index (χ2n) is 12.7. The molecule has 37 heavy (non-hydrogen) atoms. The molecule has 3 aliphatic carbocycles. The van der Waals surface area contributed by atoms with Crippen molar-refractivity contribution in [1.29, 1.82) is 0 Å². The Morgan fingerprint density at radius 2 is 1.11 bits per heavy atom. The number of rotatable bonds is 7. The Bertz CT molecular complexity index is 1000. The molecule has 0 nitrogen and oxygen atoms in total. The van der Waals surface area contributed by atoms with Crippen molar-refractivity contribution in [3.8, 4) is 0 Å². The van der Waals surface area contributed by atoms with Gasteiger partial charge < -0.3 is 0 Å². The van der Waals surface area contributed by atoms with Crippen LogP contribution in [0.25, 0.3) is 0 Å². The average Bonchev–Trinajstić information content (AvgIpc) is 2.94. The molecule has 0 saturated heterocycles. The van der Waals surface area contributed by atoms with E-state index in [0.717, 1.165) is 48.1 Å². The van der Waals surface area contributed by atoms with Gasteiger partial charge in [-0.25, -0.2) is 8.78 Å². The van der Waals surface area contributed by atoms with E-state index in [2.05, 4.69) is 25.1 Å². The summed E-state index contributed by atoms with van der Waals surface area (Å²) < 4.78 is 29.6. The number of halogens is 2. The van der Waals surface area contributed by atoms with Crippen LogP contribution in [0.3, 0.4) is 0 Å². The molecule has 0 heterocycles. The highest BCUT2D eigenvalue weighted by molar-refractivity contribution is 5.30. The fourth-order valence-electron chi connectivity index (χ4n) is 8.25. The van der Waals surface area contributed by atoms with E-state index in [9.17, 15) is 4.39 Å². The molecule has 0 radical (unpaired) electrons. The molecule has 2 aromatic rings. The van der Waals surface area contributed by atoms with Crippen molar-refractivity contribution in [2.24, 2.45) is 17.8 Å². The molecule has 0 aromatic heterocycles. The van der Waals surface area contributed by atoms with Gasteiger partial charge in [0.1, 0.15) is 11.6 Å². The minimum atomic E-state index is -0.0277. The summed E-state index contributed by atoms with van der Waals surface area (Å²) in [7, 11) is 0. The second-order valence-corrected chi connectivity index (χ2v) is 12.7. The lowest BCUT2D eigenvalue weighted by Crippen LogP contribution is -2.25. The monoisotopic (exact) mass is 506 g/mol. The third-order valence-corrected chi connectivity index (χ3v) is 10.6. The van der Waals surface area contributed by atoms with E-state index in [4.69, 9.17) is 0 Å². The summed E-state index contributed by atoms with van der Waals surface area (Å²) in [5, 5.41) is 0. The van der Waals surface area contributed by atoms with Gasteiger partial charge in [-0.15, -0.1) is 0 Å². The van der Waals surface area contributed by atoms with Crippen LogP contribution in [0.5, 0.6) is 0 Å². The minimum Gasteiger partial charge on any atom is -0.207 e. The van der Waals surface area contributed by atoms with E-state index in [1.54, 1.807) is 6.07 Å². The van der Waals surface area contributed by atoms with Crippen LogP contribution in [0.2, 0.25) is 0 Å². The van der Waals surface area contributed by atoms with Gasteiger partial charge in [0.25, 0.3) is 0 Å². The average molecular weight is 507 g/mol. The standard InChI is InChI=1S/C35H48F2/c1-3-5-24-6-8-28(9-7-24)32-20-21-33(35(37)23-32)30-17-15-27(16-18-30)26-11-13-29(14-12-26)31-19-10-25(4-2)34(36)22-31/h10,19-24,26-30H,3-9,11-18H2,1-2H3. The molecular weight excluding hydrogens is 458 g/mol. The summed E-state index contributed by atoms with van der Waals surface area (Å²) >= 11 is 0. The van der Waals surface area contributed by atoms with Gasteiger partial charge >= 0.3 is 0 Å². The van der Waals surface area contributed by atoms with Crippen LogP contribution in [0.4, 0.5) is 8.78 Å². The highest BCUT2D eigenvalue weighted by Crippen LogP contribution is 2.46. The lowest BCUT2D eigenvalue weighted by molar-refractivity contribution is 0.176. The van der Waals surface area contributed by atoms with Gasteiger partial charge in [0.15, 0.2) is 0 Å². The smallest absolute Gasteiger partial charge is 0.126 e. The summed E-state index contributed by atoms with van der Waals surface area (Å²) in [6.07, 6.45) is 18.1. The van der Waals surface area contributed by atoms with Crippen LogP contribution in [0, 0.1) is 29.4 Å². The van der Waals surface area contributed by atoms with Gasteiger partial charge in [0.05, 0.1) is 0 Å². The first-order chi connectivity index (χ1) is 18.1. The van der Waals surface area contributed by atoms with Crippen LogP contribution < -0.4 is 0 Å². The SMILES string of the molecule is CCCC1CCC(c2ccc(C3CCC(C4CCC(c5ccc(CC)c(F)c5)CC4)CC3)c(F)c2)CC1. The van der Waals surface area contributed by atoms with Crippen molar-refractivity contribution >= 4 is 0 Å². The maximum absolute atomic E-state index is 15.3. The van der Waals surface area contributed by atoms with Crippen molar-refractivity contribution in [1.82, 2.24) is 0 Å². The quantitative estimate of drug-likeness (QED) is 0.350. The highest BCUT2D eigenvalue weighted by Gasteiger charge is 2.33. The van der Waals surface area contributed by atoms with E-state index in [-0.39, 0.29) is 11.6 Å². The Morgan fingerprint density at radius 3 is 1.62 bits per heavy atom. The Balaban J connectivity index is 1.10. The number of benzene rings is 2. The first-order valence-electron chi connectivity index (χ1n) is 15.6. The van der Waals surface area contributed by atoms with Gasteiger partial charge in [-0.1, -0.05) is 51.0 Å². The van der Waals surface area contributed by atoms with Crippen LogP contribution in [0.15, 0.2) is 36.4 Å². The van der Waals surface area contributed by atoms with E-state index >= 15 is 4.39 Å². The van der Waals surface area contributed by atoms with Gasteiger partial charge in [-0.2, -0.15) is 0 Å². The zero-order chi connectivity index (χ0) is 25.8. The molecule has 3 fully saturated rings. The topological polar surface area (TPSA) is 0 Å². The molecule has 0 atom stereocenters.